The first-order valence-corrected chi connectivity index (χ1v) is 18.9. The Balaban J connectivity index is 1.11. The number of nitrogens with zero attached hydrogens (tertiary/aromatic N) is 5. The molecular formula is C32H39ClN9O9S2+. The average Bonchev–Trinajstić information content (AvgIpc) is 3.88. The van der Waals surface area contributed by atoms with Crippen LogP contribution < -0.4 is 21.7 Å². The van der Waals surface area contributed by atoms with Crippen molar-refractivity contribution in [1.82, 2.24) is 25.8 Å². The van der Waals surface area contributed by atoms with Gasteiger partial charge in [0, 0.05) is 41.7 Å². The number of quaternary nitrogens is 1. The molecule has 2 saturated heterocycles. The van der Waals surface area contributed by atoms with E-state index in [0.717, 1.165) is 37.3 Å². The van der Waals surface area contributed by atoms with Crippen LogP contribution in [0.2, 0.25) is 5.02 Å². The number of carboxylic acid groups (broad SMARTS) is 2. The minimum atomic E-state index is -1.78. The summed E-state index contributed by atoms with van der Waals surface area (Å²) >= 11 is 8.59. The van der Waals surface area contributed by atoms with Gasteiger partial charge in [0.2, 0.25) is 5.60 Å². The molecule has 18 nitrogen and oxygen atoms in total. The largest absolute Gasteiger partial charge is 0.504 e. The zero-order chi connectivity index (χ0) is 38.2. The number of nitrogens with one attached hydrogen (secondary N) is 3. The number of carbonyl (C=O) groups is 4. The van der Waals surface area contributed by atoms with Crippen LogP contribution in [-0.2, 0) is 24.0 Å². The van der Waals surface area contributed by atoms with E-state index in [-0.39, 0.29) is 39.2 Å². The number of carboxylic acids is 2. The molecule has 1 unspecified atom stereocenters. The lowest BCUT2D eigenvalue weighted by Gasteiger charge is -2.50. The average molecular weight is 793 g/mol. The highest BCUT2D eigenvalue weighted by atomic mass is 35.5. The summed E-state index contributed by atoms with van der Waals surface area (Å²) in [4.78, 5) is 66.2. The number of thioether (sulfide) groups is 1. The first-order valence-electron chi connectivity index (χ1n) is 16.6. The van der Waals surface area contributed by atoms with Crippen LogP contribution in [0.4, 0.5) is 5.13 Å². The van der Waals surface area contributed by atoms with E-state index in [9.17, 15) is 39.6 Å². The molecule has 9 N–H and O–H groups in total. The van der Waals surface area contributed by atoms with Crippen LogP contribution in [0.25, 0.3) is 0 Å². The van der Waals surface area contributed by atoms with Crippen molar-refractivity contribution in [1.29, 1.82) is 0 Å². The van der Waals surface area contributed by atoms with Gasteiger partial charge in [0.05, 0.1) is 37.4 Å². The molecule has 0 spiro atoms. The molecule has 0 saturated carbocycles. The number of nitrogen functional groups attached to an aromatic ring is 1. The molecule has 4 aliphatic heterocycles. The molecule has 4 aliphatic rings. The highest BCUT2D eigenvalue weighted by molar-refractivity contribution is 8.00. The monoisotopic (exact) mass is 792 g/mol. The fourth-order valence-electron chi connectivity index (χ4n) is 6.62. The number of amidine groups is 1. The van der Waals surface area contributed by atoms with Crippen LogP contribution in [0.1, 0.15) is 37.9 Å². The number of phenols is 2. The molecule has 21 heteroatoms. The fraction of sp³-hybridized carbons (Fsp3) is 0.469. The Morgan fingerprint density at radius 1 is 1.23 bits per heavy atom. The summed E-state index contributed by atoms with van der Waals surface area (Å²) in [6, 6.07) is 1.83. The predicted molar refractivity (Wildman–Crippen MR) is 196 cm³/mol. The SMILES string of the molecule is CC(C)(O/N=C(\C(=O)N[C@@H]1C(=O)N2C(C(=O)O)=C(C[N+]3(CCNC4CN=C(c5ccc(O)c(O)c5Cl)N4)CCCC3)CS[C@H]12)c1csc(N)n1)C(=O)O. The van der Waals surface area contributed by atoms with Crippen molar-refractivity contribution in [3.63, 3.8) is 0 Å². The third kappa shape index (κ3) is 7.72. The van der Waals surface area contributed by atoms with Gasteiger partial charge in [-0.05, 0) is 26.0 Å². The van der Waals surface area contributed by atoms with Gasteiger partial charge in [0.15, 0.2) is 22.3 Å². The van der Waals surface area contributed by atoms with Gasteiger partial charge in [0.25, 0.3) is 11.8 Å². The van der Waals surface area contributed by atoms with Gasteiger partial charge in [-0.3, -0.25) is 24.8 Å². The molecule has 3 atom stereocenters. The molecule has 284 valence electrons. The third-order valence-electron chi connectivity index (χ3n) is 9.51. The second-order valence-electron chi connectivity index (χ2n) is 13.5. The lowest BCUT2D eigenvalue weighted by Crippen LogP contribution is -2.71. The van der Waals surface area contributed by atoms with E-state index < -0.39 is 46.5 Å². The Labute approximate surface area is 316 Å². The van der Waals surface area contributed by atoms with Gasteiger partial charge in [0.1, 0.15) is 35.2 Å². The molecule has 5 heterocycles. The number of aliphatic carboxylic acids is 2. The van der Waals surface area contributed by atoms with Crippen molar-refractivity contribution in [3.8, 4) is 11.5 Å². The van der Waals surface area contributed by atoms with Gasteiger partial charge < -0.3 is 46.1 Å². The van der Waals surface area contributed by atoms with Crippen LogP contribution in [-0.4, -0.2) is 138 Å². The van der Waals surface area contributed by atoms with Crippen molar-refractivity contribution in [2.45, 2.75) is 49.9 Å². The molecule has 2 aromatic rings. The number of thiazole rings is 1. The number of fused-ring (bicyclic) bond motifs is 1. The second kappa shape index (κ2) is 15.0. The van der Waals surface area contributed by atoms with Crippen LogP contribution >= 0.6 is 34.7 Å². The summed E-state index contributed by atoms with van der Waals surface area (Å²) in [5.74, 6) is -3.96. The van der Waals surface area contributed by atoms with Crippen LogP contribution in [0, 0.1) is 0 Å². The topological polar surface area (TPSA) is 261 Å². The number of benzene rings is 1. The zero-order valence-electron chi connectivity index (χ0n) is 28.7. The van der Waals surface area contributed by atoms with Crippen molar-refractivity contribution < 1.29 is 48.9 Å². The number of hydrogen-bond donors (Lipinski definition) is 8. The number of phenolic OH excluding ortho intramolecular Hbond substituents is 2. The maximum absolute atomic E-state index is 13.5. The van der Waals surface area contributed by atoms with Gasteiger partial charge in [-0.15, -0.1) is 23.1 Å². The quantitative estimate of drug-likeness (QED) is 0.0431. The number of nitrogens with two attached hydrogens (primary N) is 1. The zero-order valence-corrected chi connectivity index (χ0v) is 31.1. The number of hydrogen-bond acceptors (Lipinski definition) is 15. The second-order valence-corrected chi connectivity index (χ2v) is 15.9. The van der Waals surface area contributed by atoms with Crippen molar-refractivity contribution in [2.24, 2.45) is 10.1 Å². The molecule has 1 aromatic carbocycles. The first kappa shape index (κ1) is 38.1. The molecule has 1 aromatic heterocycles. The lowest BCUT2D eigenvalue weighted by molar-refractivity contribution is -0.911. The number of carbonyl (C=O) groups excluding carboxylic acids is 2. The smallest absolute Gasteiger partial charge is 0.352 e. The summed E-state index contributed by atoms with van der Waals surface area (Å²) in [5, 5.41) is 53.5. The Hall–Kier alpha value is -4.63. The van der Waals surface area contributed by atoms with Crippen molar-refractivity contribution in [3.05, 3.63) is 45.1 Å². The molecule has 0 radical (unpaired) electrons. The van der Waals surface area contributed by atoms with E-state index in [1.165, 1.54) is 42.0 Å². The molecule has 0 aliphatic carbocycles. The first-order chi connectivity index (χ1) is 25.1. The van der Waals surface area contributed by atoms with Crippen molar-refractivity contribution >= 4 is 75.1 Å². The van der Waals surface area contributed by atoms with E-state index in [1.54, 1.807) is 6.07 Å². The summed E-state index contributed by atoms with van der Waals surface area (Å²) < 4.78 is 0.633. The van der Waals surface area contributed by atoms with E-state index in [2.05, 4.69) is 31.1 Å². The van der Waals surface area contributed by atoms with Crippen molar-refractivity contribution in [2.75, 3.05) is 50.8 Å². The Bertz CT molecular complexity index is 1930. The summed E-state index contributed by atoms with van der Waals surface area (Å²) in [7, 11) is 0. The number of amides is 2. The molecule has 2 fully saturated rings. The number of aromatic hydroxyl groups is 2. The third-order valence-corrected chi connectivity index (χ3v) is 11.9. The lowest BCUT2D eigenvalue weighted by atomic mass is 10.0. The number of halogens is 1. The maximum atomic E-state index is 13.5. The molecule has 0 bridgehead atoms. The molecule has 53 heavy (non-hydrogen) atoms. The van der Waals surface area contributed by atoms with Crippen LogP contribution in [0.3, 0.4) is 0 Å². The summed E-state index contributed by atoms with van der Waals surface area (Å²) in [5.41, 5.74) is 4.61. The number of aliphatic imine (C=N–C) groups is 1. The highest BCUT2D eigenvalue weighted by Gasteiger charge is 2.55. The number of aromatic nitrogens is 1. The van der Waals surface area contributed by atoms with E-state index >= 15 is 0 Å². The highest BCUT2D eigenvalue weighted by Crippen LogP contribution is 2.41. The standard InChI is InChI=1S/C32H38ClN9O9S2/c1-32(2,30(49)50)51-40-21(17-14-53-31(34)37-17)26(45)39-22-27(46)41-23(29(47)48)15(13-52-28(22)41)12-42(8-3-4-9-42)10-7-35-19-11-36-25(38-19)16-5-6-18(43)24(44)20(16)33/h5-6,14,19,22,28,35H,3-4,7-13H2,1-2H3,(H7-,34,36,37,38,39,40,43,44,45,47,48,49,50)/p+1/t19?,22-,28-/m1/s1. The summed E-state index contributed by atoms with van der Waals surface area (Å²) in [6.45, 7) is 6.29. The molecule has 6 rings (SSSR count). The molecule has 2 amide bonds. The Morgan fingerprint density at radius 3 is 2.62 bits per heavy atom. The predicted octanol–water partition coefficient (Wildman–Crippen LogP) is 0.689. The Kier molecular flexibility index (Phi) is 10.8. The fourth-order valence-corrected chi connectivity index (χ4v) is 8.75. The molecular weight excluding hydrogens is 754 g/mol. The maximum Gasteiger partial charge on any atom is 0.352 e. The van der Waals surface area contributed by atoms with Crippen LogP contribution in [0.5, 0.6) is 11.5 Å². The van der Waals surface area contributed by atoms with Crippen LogP contribution in [0.15, 0.2) is 38.9 Å². The Morgan fingerprint density at radius 2 is 1.96 bits per heavy atom. The van der Waals surface area contributed by atoms with Gasteiger partial charge >= 0.3 is 11.9 Å². The van der Waals surface area contributed by atoms with Gasteiger partial charge in [-0.2, -0.15) is 0 Å². The van der Waals surface area contributed by atoms with Gasteiger partial charge in [-0.1, -0.05) is 16.8 Å². The number of oxime groups is 1. The minimum absolute atomic E-state index is 0.00508. The number of β-lactam (4-membered cyclic amide) rings is 1. The van der Waals surface area contributed by atoms with E-state index in [4.69, 9.17) is 22.2 Å². The number of rotatable bonds is 14. The number of anilines is 1. The summed E-state index contributed by atoms with van der Waals surface area (Å²) in [6.07, 6.45) is 1.74. The van der Waals surface area contributed by atoms with E-state index in [0.29, 0.717) is 53.4 Å². The van der Waals surface area contributed by atoms with Gasteiger partial charge in [-0.25, -0.2) is 14.6 Å². The minimum Gasteiger partial charge on any atom is -0.504 e. The van der Waals surface area contributed by atoms with E-state index in [1.807, 2.05) is 0 Å². The normalized spacial score (nSPS) is 22.5. The number of likely N-dealkylation sites (tertiary alicyclic amines) is 1.